The van der Waals surface area contributed by atoms with Crippen LogP contribution in [0.4, 0.5) is 19.0 Å². The lowest BCUT2D eigenvalue weighted by Crippen LogP contribution is -2.36. The summed E-state index contributed by atoms with van der Waals surface area (Å²) in [6.45, 7) is 6.15. The molecule has 0 saturated heterocycles. The van der Waals surface area contributed by atoms with Crippen molar-refractivity contribution in [2.24, 2.45) is 10.9 Å². The number of halogens is 3. The molecule has 1 amide bonds. The molecule has 3 N–H and O–H groups in total. The van der Waals surface area contributed by atoms with Gasteiger partial charge in [-0.15, -0.1) is 0 Å². The number of nitrogens with one attached hydrogen (secondary N) is 3. The fourth-order valence-electron chi connectivity index (χ4n) is 2.77. The van der Waals surface area contributed by atoms with Gasteiger partial charge in [-0.2, -0.15) is 5.10 Å². The zero-order valence-electron chi connectivity index (χ0n) is 18.0. The maximum Gasteiger partial charge on any atom is 0.258 e. The van der Waals surface area contributed by atoms with Gasteiger partial charge in [0.1, 0.15) is 5.82 Å². The maximum absolute atomic E-state index is 13.5. The second kappa shape index (κ2) is 10.1. The second-order valence-electron chi connectivity index (χ2n) is 7.54. The molecule has 0 aliphatic carbocycles. The van der Waals surface area contributed by atoms with E-state index in [9.17, 15) is 18.0 Å². The third kappa shape index (κ3) is 5.75. The Bertz CT molecular complexity index is 1140. The lowest BCUT2D eigenvalue weighted by molar-refractivity contribution is 0.0976. The Morgan fingerprint density at radius 1 is 1.09 bits per heavy atom. The summed E-state index contributed by atoms with van der Waals surface area (Å²) in [6.07, 6.45) is 0.893. The van der Waals surface area contributed by atoms with Crippen molar-refractivity contribution in [1.82, 2.24) is 15.5 Å². The van der Waals surface area contributed by atoms with Crippen LogP contribution in [-0.4, -0.2) is 28.6 Å². The smallest absolute Gasteiger partial charge is 0.258 e. The fraction of sp³-hybridized carbons (Fsp3) is 0.261. The Hall–Kier alpha value is -3.62. The number of carbonyl (C=O) groups excluding carboxylic acids is 1. The van der Waals surface area contributed by atoms with Crippen LogP contribution in [-0.2, 0) is 0 Å². The van der Waals surface area contributed by atoms with E-state index < -0.39 is 17.5 Å². The van der Waals surface area contributed by atoms with Gasteiger partial charge in [0.05, 0.1) is 5.69 Å². The predicted octanol–water partition coefficient (Wildman–Crippen LogP) is 5.05. The summed E-state index contributed by atoms with van der Waals surface area (Å²) in [7, 11) is 0. The number of amides is 1. The molecule has 9 heteroatoms. The van der Waals surface area contributed by atoms with Gasteiger partial charge in [0, 0.05) is 23.7 Å². The molecular weight excluding hydrogens is 419 g/mol. The number of rotatable bonds is 6. The van der Waals surface area contributed by atoms with Crippen LogP contribution in [0, 0.1) is 30.3 Å². The molecule has 1 heterocycles. The van der Waals surface area contributed by atoms with E-state index in [1.54, 1.807) is 25.1 Å². The summed E-state index contributed by atoms with van der Waals surface area (Å²) >= 11 is 0. The Morgan fingerprint density at radius 2 is 1.84 bits per heavy atom. The minimum Gasteiger partial charge on any atom is -0.309 e. The Morgan fingerprint density at radius 3 is 2.53 bits per heavy atom. The van der Waals surface area contributed by atoms with Gasteiger partial charge in [0.15, 0.2) is 17.5 Å². The zero-order chi connectivity index (χ0) is 23.3. The molecule has 0 fully saturated rings. The lowest BCUT2D eigenvalue weighted by Gasteiger charge is -2.12. The van der Waals surface area contributed by atoms with E-state index in [0.29, 0.717) is 23.6 Å². The van der Waals surface area contributed by atoms with Gasteiger partial charge in [0.2, 0.25) is 5.96 Å². The molecule has 0 bridgehead atoms. The summed E-state index contributed by atoms with van der Waals surface area (Å²) in [6, 6.07) is 9.27. The number of aromatic amines is 1. The van der Waals surface area contributed by atoms with E-state index in [4.69, 9.17) is 0 Å². The minimum absolute atomic E-state index is 0.0496. The SMILES string of the molecule is CCC(C)CN=C(NC(=O)c1ccc(F)c(F)c1)Nc1cc(-c2ccc(F)c(C)c2)[nH]n1. The van der Waals surface area contributed by atoms with E-state index in [2.05, 4.69) is 25.8 Å². The average molecular weight is 443 g/mol. The summed E-state index contributed by atoms with van der Waals surface area (Å²) in [4.78, 5) is 16.9. The van der Waals surface area contributed by atoms with E-state index in [-0.39, 0.29) is 23.3 Å². The molecule has 0 aliphatic rings. The molecular formula is C23H24F3N5O. The monoisotopic (exact) mass is 443 g/mol. The van der Waals surface area contributed by atoms with Gasteiger partial charge in [-0.1, -0.05) is 20.3 Å². The zero-order valence-corrected chi connectivity index (χ0v) is 18.0. The Balaban J connectivity index is 1.80. The third-order valence-electron chi connectivity index (χ3n) is 4.97. The first-order chi connectivity index (χ1) is 15.3. The Labute approximate surface area is 184 Å². The second-order valence-corrected chi connectivity index (χ2v) is 7.54. The normalized spacial score (nSPS) is 12.5. The number of benzene rings is 2. The quantitative estimate of drug-likeness (QED) is 0.368. The van der Waals surface area contributed by atoms with Crippen LogP contribution in [0.3, 0.4) is 0 Å². The molecule has 3 rings (SSSR count). The van der Waals surface area contributed by atoms with Crippen LogP contribution >= 0.6 is 0 Å². The van der Waals surface area contributed by atoms with Crippen molar-refractivity contribution in [2.75, 3.05) is 11.9 Å². The number of nitrogens with zero attached hydrogens (tertiary/aromatic N) is 2. The number of hydrogen-bond donors (Lipinski definition) is 3. The number of hydrogen-bond acceptors (Lipinski definition) is 3. The molecule has 1 aromatic heterocycles. The van der Waals surface area contributed by atoms with Crippen molar-refractivity contribution >= 4 is 17.7 Å². The van der Waals surface area contributed by atoms with E-state index in [1.807, 2.05) is 13.8 Å². The van der Waals surface area contributed by atoms with Crippen LogP contribution in [0.25, 0.3) is 11.3 Å². The van der Waals surface area contributed by atoms with Crippen molar-refractivity contribution in [1.29, 1.82) is 0 Å². The Kier molecular flexibility index (Phi) is 7.29. The van der Waals surface area contributed by atoms with Crippen LogP contribution in [0.5, 0.6) is 0 Å². The lowest BCUT2D eigenvalue weighted by atomic mass is 10.1. The molecule has 168 valence electrons. The molecule has 0 spiro atoms. The first kappa shape index (κ1) is 23.1. The van der Waals surface area contributed by atoms with Gasteiger partial charge in [-0.05, 0) is 54.8 Å². The van der Waals surface area contributed by atoms with Crippen LogP contribution in [0.2, 0.25) is 0 Å². The number of anilines is 1. The third-order valence-corrected chi connectivity index (χ3v) is 4.97. The number of aromatic nitrogens is 2. The van der Waals surface area contributed by atoms with Crippen molar-refractivity contribution in [3.8, 4) is 11.3 Å². The molecule has 6 nitrogen and oxygen atoms in total. The van der Waals surface area contributed by atoms with Crippen molar-refractivity contribution < 1.29 is 18.0 Å². The first-order valence-electron chi connectivity index (χ1n) is 10.2. The van der Waals surface area contributed by atoms with E-state index in [1.165, 1.54) is 12.1 Å². The summed E-state index contributed by atoms with van der Waals surface area (Å²) in [5, 5.41) is 12.5. The van der Waals surface area contributed by atoms with Gasteiger partial charge in [-0.3, -0.25) is 20.2 Å². The van der Waals surface area contributed by atoms with Crippen LogP contribution in [0.1, 0.15) is 36.2 Å². The summed E-state index contributed by atoms with van der Waals surface area (Å²) in [5.41, 5.74) is 1.84. The fourth-order valence-corrected chi connectivity index (χ4v) is 2.77. The van der Waals surface area contributed by atoms with Crippen molar-refractivity contribution in [3.63, 3.8) is 0 Å². The van der Waals surface area contributed by atoms with Crippen molar-refractivity contribution in [3.05, 3.63) is 71.0 Å². The standard InChI is InChI=1S/C23H24F3N5O/c1-4-13(2)12-27-23(29-22(32)16-6-8-18(25)19(26)10-16)28-21-11-20(30-31-21)15-5-7-17(24)14(3)9-15/h5-11,13H,4,12H2,1-3H3,(H3,27,28,29,30,31,32). The van der Waals surface area contributed by atoms with Crippen LogP contribution in [0.15, 0.2) is 47.5 Å². The number of aryl methyl sites for hydroxylation is 1. The van der Waals surface area contributed by atoms with E-state index in [0.717, 1.165) is 24.1 Å². The summed E-state index contributed by atoms with van der Waals surface area (Å²) < 4.78 is 40.2. The van der Waals surface area contributed by atoms with Gasteiger partial charge < -0.3 is 5.32 Å². The molecule has 32 heavy (non-hydrogen) atoms. The topological polar surface area (TPSA) is 82.2 Å². The number of aliphatic imine (C=N–C) groups is 1. The van der Waals surface area contributed by atoms with Crippen LogP contribution < -0.4 is 10.6 Å². The molecule has 0 aliphatic heterocycles. The average Bonchev–Trinajstić information content (AvgIpc) is 3.24. The number of H-pyrrole nitrogens is 1. The largest absolute Gasteiger partial charge is 0.309 e. The number of guanidine groups is 1. The highest BCUT2D eigenvalue weighted by Crippen LogP contribution is 2.22. The minimum atomic E-state index is -1.12. The highest BCUT2D eigenvalue weighted by Gasteiger charge is 2.14. The molecule has 0 radical (unpaired) electrons. The van der Waals surface area contributed by atoms with Crippen molar-refractivity contribution in [2.45, 2.75) is 27.2 Å². The molecule has 1 atom stereocenters. The molecule has 2 aromatic carbocycles. The number of carbonyl (C=O) groups is 1. The highest BCUT2D eigenvalue weighted by atomic mass is 19.2. The molecule has 1 unspecified atom stereocenters. The van der Waals surface area contributed by atoms with Gasteiger partial charge >= 0.3 is 0 Å². The molecule has 0 saturated carbocycles. The maximum atomic E-state index is 13.5. The first-order valence-corrected chi connectivity index (χ1v) is 10.2. The van der Waals surface area contributed by atoms with Gasteiger partial charge in [0.25, 0.3) is 5.91 Å². The highest BCUT2D eigenvalue weighted by molar-refractivity contribution is 6.09. The van der Waals surface area contributed by atoms with Gasteiger partial charge in [-0.25, -0.2) is 13.2 Å². The summed E-state index contributed by atoms with van der Waals surface area (Å²) in [5.74, 6) is -2.34. The predicted molar refractivity (Wildman–Crippen MR) is 118 cm³/mol. The van der Waals surface area contributed by atoms with E-state index >= 15 is 0 Å². The molecule has 3 aromatic rings.